The highest BCUT2D eigenvalue weighted by molar-refractivity contribution is 6.47. The molecule has 4 fully saturated rings. The molecule has 1 aliphatic heterocycles. The van der Waals surface area contributed by atoms with Crippen molar-refractivity contribution >= 4 is 36.7 Å². The molecule has 0 aromatic heterocycles. The highest BCUT2D eigenvalue weighted by Gasteiger charge is 2.68. The molecule has 1 unspecified atom stereocenters. The van der Waals surface area contributed by atoms with Gasteiger partial charge in [0.1, 0.15) is 24.2 Å². The predicted molar refractivity (Wildman–Crippen MR) is 244 cm³/mol. The third-order valence-corrected chi connectivity index (χ3v) is 13.8. The van der Waals surface area contributed by atoms with E-state index in [1.807, 2.05) is 26.0 Å². The van der Waals surface area contributed by atoms with Crippen molar-refractivity contribution in [2.45, 2.75) is 161 Å². The van der Waals surface area contributed by atoms with Crippen molar-refractivity contribution in [3.63, 3.8) is 0 Å². The minimum Gasteiger partial charge on any atom is -0.404 e. The van der Waals surface area contributed by atoms with E-state index < -0.39 is 78.5 Å². The fourth-order valence-corrected chi connectivity index (χ4v) is 9.61. The van der Waals surface area contributed by atoms with Crippen molar-refractivity contribution in [3.8, 4) is 11.1 Å². The summed E-state index contributed by atoms with van der Waals surface area (Å²) in [6.07, 6.45) is 5.40. The number of hydrogen-bond donors (Lipinski definition) is 8. The van der Waals surface area contributed by atoms with Crippen LogP contribution in [0.2, 0.25) is 0 Å². The fourth-order valence-electron chi connectivity index (χ4n) is 9.61. The largest absolute Gasteiger partial charge is 0.481 e. The lowest BCUT2D eigenvalue weighted by atomic mass is 9.43. The topological polar surface area (TPSA) is 236 Å². The Kier molecular flexibility index (Phi) is 17.0. The summed E-state index contributed by atoms with van der Waals surface area (Å²) >= 11 is 0. The Morgan fingerprint density at radius 3 is 2.08 bits per heavy atom. The Balaban J connectivity index is 1.16. The molecule has 5 amide bonds. The Bertz CT molecular complexity index is 1930. The third-order valence-electron chi connectivity index (χ3n) is 13.8. The summed E-state index contributed by atoms with van der Waals surface area (Å²) in [4.78, 5) is 67.9. The maximum Gasteiger partial charge on any atom is 0.481 e. The molecule has 63 heavy (non-hydrogen) atoms. The van der Waals surface area contributed by atoms with Crippen LogP contribution < -0.4 is 38.1 Å². The SMILES string of the molecule is CCCCc1ccc(-c2ccc(C(=O)N[C@@H](CCN)C(=O)N[C@H](C(=O)N[C@@H](C)C(=O)N[C@@H](CCCCN)C(=O)N[C@@H](C)B3OC4C[C@@H]5C[C@@H](C5(C)C)[C@]4(C)O3)[C@@H](C)O)c(C)c2)cc1. The van der Waals surface area contributed by atoms with Gasteiger partial charge >= 0.3 is 7.12 Å². The number of nitrogens with one attached hydrogen (secondary N) is 5. The quantitative estimate of drug-likeness (QED) is 0.0636. The van der Waals surface area contributed by atoms with Gasteiger partial charge in [0.05, 0.1) is 23.8 Å². The Morgan fingerprint density at radius 2 is 1.46 bits per heavy atom. The molecule has 0 spiro atoms. The number of carbonyl (C=O) groups is 5. The number of aliphatic hydroxyl groups is 1. The molecule has 10 atom stereocenters. The van der Waals surface area contributed by atoms with E-state index in [4.69, 9.17) is 20.8 Å². The molecule has 0 radical (unpaired) electrons. The first-order chi connectivity index (χ1) is 29.8. The molecule has 1 saturated heterocycles. The molecule has 4 aliphatic rings. The van der Waals surface area contributed by atoms with Crippen molar-refractivity contribution < 1.29 is 38.4 Å². The molecule has 3 aliphatic carbocycles. The standard InChI is InChI=1S/C47H72BN7O8/c1-9-10-13-31-15-17-32(18-16-31)33-19-20-35(27(2)24-33)42(58)54-37(21-23-50)44(60)55-40(29(4)56)45(61)51-28(3)41(57)53-36(14-11-12-22-49)43(59)52-30(5)48-62-39-26-34-25-38(46(34,6)7)47(39,8)63-48/h15-20,24,28-30,34,36-40,56H,9-14,21-23,25-26,49-50H2,1-8H3,(H,51,61)(H,52,59)(H,53,57)(H,54,58)(H,55,60)/t28-,29+,30-,34-,36-,37-,38-,39?,40-,47-/m0/s1. The zero-order valence-corrected chi connectivity index (χ0v) is 38.6. The zero-order chi connectivity index (χ0) is 46.2. The first kappa shape index (κ1) is 49.7. The van der Waals surface area contributed by atoms with E-state index in [9.17, 15) is 29.1 Å². The first-order valence-electron chi connectivity index (χ1n) is 23.0. The van der Waals surface area contributed by atoms with Gasteiger partial charge in [-0.15, -0.1) is 0 Å². The Morgan fingerprint density at radius 1 is 0.794 bits per heavy atom. The molecule has 2 aromatic carbocycles. The molecule has 16 heteroatoms. The van der Waals surface area contributed by atoms with Crippen molar-refractivity contribution in [2.24, 2.45) is 28.7 Å². The van der Waals surface area contributed by atoms with Crippen molar-refractivity contribution in [1.82, 2.24) is 26.6 Å². The number of amides is 5. The maximum absolute atomic E-state index is 13.7. The van der Waals surface area contributed by atoms with Crippen LogP contribution in [0.3, 0.4) is 0 Å². The van der Waals surface area contributed by atoms with Gasteiger partial charge < -0.3 is 52.5 Å². The number of aryl methyl sites for hydroxylation is 2. The average molecular weight is 874 g/mol. The van der Waals surface area contributed by atoms with Crippen LogP contribution in [0.15, 0.2) is 42.5 Å². The van der Waals surface area contributed by atoms with E-state index >= 15 is 0 Å². The van der Waals surface area contributed by atoms with Gasteiger partial charge in [0.15, 0.2) is 0 Å². The number of rotatable bonds is 22. The van der Waals surface area contributed by atoms with Crippen LogP contribution in [0, 0.1) is 24.2 Å². The summed E-state index contributed by atoms with van der Waals surface area (Å²) in [5, 5.41) is 24.2. The van der Waals surface area contributed by atoms with Crippen LogP contribution in [0.4, 0.5) is 0 Å². The summed E-state index contributed by atoms with van der Waals surface area (Å²) in [7, 11) is -0.650. The van der Waals surface area contributed by atoms with Gasteiger partial charge in [0.2, 0.25) is 23.6 Å². The van der Waals surface area contributed by atoms with Gasteiger partial charge in [-0.2, -0.15) is 0 Å². The van der Waals surface area contributed by atoms with Crippen LogP contribution in [0.25, 0.3) is 11.1 Å². The van der Waals surface area contributed by atoms with Gasteiger partial charge in [-0.25, -0.2) is 0 Å². The van der Waals surface area contributed by atoms with Crippen LogP contribution in [0.1, 0.15) is 121 Å². The second kappa shape index (κ2) is 21.6. The molecular formula is C47H72BN7O8. The van der Waals surface area contributed by atoms with Crippen molar-refractivity contribution in [1.29, 1.82) is 0 Å². The summed E-state index contributed by atoms with van der Waals surface area (Å²) in [6.45, 7) is 15.7. The van der Waals surface area contributed by atoms with E-state index in [1.165, 1.54) is 19.4 Å². The highest BCUT2D eigenvalue weighted by atomic mass is 16.7. The molecular weight excluding hydrogens is 801 g/mol. The summed E-state index contributed by atoms with van der Waals surface area (Å²) in [5.74, 6) is -2.72. The van der Waals surface area contributed by atoms with E-state index in [1.54, 1.807) is 6.07 Å². The lowest BCUT2D eigenvalue weighted by Crippen LogP contribution is -2.65. The molecule has 346 valence electrons. The zero-order valence-electron chi connectivity index (χ0n) is 38.6. The number of carbonyl (C=O) groups excluding carboxylic acids is 5. The van der Waals surface area contributed by atoms with Crippen molar-refractivity contribution in [2.75, 3.05) is 13.1 Å². The van der Waals surface area contributed by atoms with Crippen LogP contribution in [-0.2, 0) is 34.9 Å². The molecule has 3 saturated carbocycles. The molecule has 1 heterocycles. The van der Waals surface area contributed by atoms with Gasteiger partial charge in [-0.3, -0.25) is 24.0 Å². The highest BCUT2D eigenvalue weighted by Crippen LogP contribution is 2.65. The van der Waals surface area contributed by atoms with E-state index in [2.05, 4.69) is 78.5 Å². The molecule has 15 nitrogen and oxygen atoms in total. The minimum atomic E-state index is -1.49. The smallest absolute Gasteiger partial charge is 0.404 e. The van der Waals surface area contributed by atoms with Crippen LogP contribution in [0.5, 0.6) is 0 Å². The average Bonchev–Trinajstić information content (AvgIpc) is 3.61. The summed E-state index contributed by atoms with van der Waals surface area (Å²) in [5.41, 5.74) is 15.6. The van der Waals surface area contributed by atoms with Gasteiger partial charge in [0.25, 0.3) is 5.91 Å². The van der Waals surface area contributed by atoms with Crippen LogP contribution >= 0.6 is 0 Å². The Labute approximate surface area is 373 Å². The molecule has 6 rings (SSSR count). The van der Waals surface area contributed by atoms with E-state index in [0.29, 0.717) is 48.8 Å². The second-order valence-electron chi connectivity index (χ2n) is 18.9. The summed E-state index contributed by atoms with van der Waals surface area (Å²) in [6, 6.07) is 9.12. The normalized spacial score (nSPS) is 23.7. The second-order valence-corrected chi connectivity index (χ2v) is 18.9. The van der Waals surface area contributed by atoms with E-state index in [0.717, 1.165) is 43.2 Å². The monoisotopic (exact) mass is 874 g/mol. The predicted octanol–water partition coefficient (Wildman–Crippen LogP) is 3.21. The lowest BCUT2D eigenvalue weighted by Gasteiger charge is -2.64. The first-order valence-corrected chi connectivity index (χ1v) is 23.0. The third kappa shape index (κ3) is 11.7. The maximum atomic E-state index is 13.7. The van der Waals surface area contributed by atoms with Gasteiger partial charge in [-0.1, -0.05) is 63.6 Å². The minimum absolute atomic E-state index is 0.0475. The number of aliphatic hydroxyl groups excluding tert-OH is 1. The van der Waals surface area contributed by atoms with Crippen LogP contribution in [-0.4, -0.2) is 103 Å². The number of hydrogen-bond acceptors (Lipinski definition) is 10. The number of benzene rings is 2. The Hall–Kier alpha value is -4.35. The molecule has 2 bridgehead atoms. The van der Waals surface area contributed by atoms with Gasteiger partial charge in [-0.05, 0) is 145 Å². The fraction of sp³-hybridized carbons (Fsp3) is 0.638. The number of unbranched alkanes of at least 4 members (excludes halogenated alkanes) is 2. The lowest BCUT2D eigenvalue weighted by molar-refractivity contribution is -0.199. The summed E-state index contributed by atoms with van der Waals surface area (Å²) < 4.78 is 12.9. The molecule has 10 N–H and O–H groups in total. The van der Waals surface area contributed by atoms with Crippen molar-refractivity contribution in [3.05, 3.63) is 59.2 Å². The number of nitrogens with two attached hydrogens (primary N) is 2. The van der Waals surface area contributed by atoms with E-state index in [-0.39, 0.29) is 24.5 Å². The van der Waals surface area contributed by atoms with Gasteiger partial charge in [0, 0.05) is 5.56 Å². The molecule has 2 aromatic rings.